The molecule has 0 amide bonds. The zero-order valence-corrected chi connectivity index (χ0v) is 8.32. The van der Waals surface area contributed by atoms with Gasteiger partial charge in [0.25, 0.3) is 0 Å². The number of rotatable bonds is 3. The largest absolute Gasteiger partial charge is 0.403 e. The number of aliphatic hydroxyl groups is 1. The van der Waals surface area contributed by atoms with E-state index in [1.165, 1.54) is 0 Å². The van der Waals surface area contributed by atoms with Gasteiger partial charge in [0, 0.05) is 0 Å². The third-order valence-corrected chi connectivity index (χ3v) is 1.69. The average molecular weight is 222 g/mol. The van der Waals surface area contributed by atoms with Crippen molar-refractivity contribution < 1.29 is 18.3 Å². The van der Waals surface area contributed by atoms with Crippen molar-refractivity contribution in [3.63, 3.8) is 0 Å². The molecule has 0 radical (unpaired) electrons. The molecule has 0 aliphatic rings. The zero-order chi connectivity index (χ0) is 9.94. The first-order chi connectivity index (χ1) is 5.25. The number of hydrogen-bond donors (Lipinski definition) is 2. The molecule has 0 aromatic carbocycles. The summed E-state index contributed by atoms with van der Waals surface area (Å²) >= 11 is 0. The van der Waals surface area contributed by atoms with Crippen LogP contribution >= 0.6 is 12.4 Å². The predicted octanol–water partition coefficient (Wildman–Crippen LogP) is 1.70. The molecule has 2 nitrogen and oxygen atoms in total. The molecule has 82 valence electrons. The van der Waals surface area contributed by atoms with Crippen molar-refractivity contribution in [3.05, 3.63) is 0 Å². The molecule has 0 unspecified atom stereocenters. The fourth-order valence-corrected chi connectivity index (χ4v) is 0.666. The Labute approximate surface area is 81.7 Å². The van der Waals surface area contributed by atoms with E-state index in [9.17, 15) is 13.2 Å². The van der Waals surface area contributed by atoms with Crippen LogP contribution in [0.3, 0.4) is 0 Å². The quantitative estimate of drug-likeness (QED) is 0.762. The summed E-state index contributed by atoms with van der Waals surface area (Å²) in [5, 5.41) is 9.08. The van der Waals surface area contributed by atoms with E-state index < -0.39 is 24.7 Å². The van der Waals surface area contributed by atoms with Crippen LogP contribution in [0.1, 0.15) is 20.3 Å². The molecule has 0 saturated carbocycles. The number of aliphatic hydroxyl groups excluding tert-OH is 1. The summed E-state index contributed by atoms with van der Waals surface area (Å²) in [7, 11) is 0. The maximum Gasteiger partial charge on any atom is 0.403 e. The first-order valence-corrected chi connectivity index (χ1v) is 3.75. The van der Waals surface area contributed by atoms with Gasteiger partial charge in [0.15, 0.2) is 0 Å². The fraction of sp³-hybridized carbons (Fsp3) is 1.00. The molecule has 0 fully saturated rings. The molecular formula is C7H15ClF3NO. The number of nitrogens with two attached hydrogens (primary N) is 1. The van der Waals surface area contributed by atoms with Crippen molar-refractivity contribution in [2.45, 2.75) is 38.6 Å². The highest BCUT2D eigenvalue weighted by molar-refractivity contribution is 5.85. The van der Waals surface area contributed by atoms with Crippen molar-refractivity contribution in [2.24, 2.45) is 11.7 Å². The first-order valence-electron chi connectivity index (χ1n) is 3.75. The second-order valence-corrected chi connectivity index (χ2v) is 3.20. The Bertz CT molecular complexity index is 140. The summed E-state index contributed by atoms with van der Waals surface area (Å²) in [6.45, 7) is 3.29. The minimum Gasteiger partial charge on any atom is -0.393 e. The zero-order valence-electron chi connectivity index (χ0n) is 7.51. The predicted molar refractivity (Wildman–Crippen MR) is 46.7 cm³/mol. The average Bonchev–Trinajstić information content (AvgIpc) is 1.85. The second-order valence-electron chi connectivity index (χ2n) is 3.20. The molecule has 13 heavy (non-hydrogen) atoms. The van der Waals surface area contributed by atoms with E-state index in [0.717, 1.165) is 0 Å². The van der Waals surface area contributed by atoms with Gasteiger partial charge >= 0.3 is 6.18 Å². The maximum atomic E-state index is 11.8. The first kappa shape index (κ1) is 15.5. The van der Waals surface area contributed by atoms with Gasteiger partial charge in [0.2, 0.25) is 0 Å². The van der Waals surface area contributed by atoms with Crippen molar-refractivity contribution in [1.29, 1.82) is 0 Å². The van der Waals surface area contributed by atoms with Crippen molar-refractivity contribution in [3.8, 4) is 0 Å². The molecule has 6 heteroatoms. The van der Waals surface area contributed by atoms with Crippen LogP contribution in [0.5, 0.6) is 0 Å². The van der Waals surface area contributed by atoms with Gasteiger partial charge in [-0.05, 0) is 12.3 Å². The topological polar surface area (TPSA) is 46.2 Å². The van der Waals surface area contributed by atoms with E-state index in [2.05, 4.69) is 0 Å². The van der Waals surface area contributed by atoms with Crippen LogP contribution in [0.2, 0.25) is 0 Å². The number of halogens is 4. The lowest BCUT2D eigenvalue weighted by Crippen LogP contribution is -2.41. The van der Waals surface area contributed by atoms with Gasteiger partial charge in [-0.2, -0.15) is 13.2 Å². The normalized spacial score (nSPS) is 16.6. The van der Waals surface area contributed by atoms with Gasteiger partial charge in [-0.15, -0.1) is 12.4 Å². The van der Waals surface area contributed by atoms with E-state index in [-0.39, 0.29) is 18.3 Å². The molecule has 0 aromatic rings. The van der Waals surface area contributed by atoms with Gasteiger partial charge in [-0.3, -0.25) is 0 Å². The summed E-state index contributed by atoms with van der Waals surface area (Å²) in [6.07, 6.45) is -5.82. The Balaban J connectivity index is 0. The van der Waals surface area contributed by atoms with Crippen LogP contribution in [-0.4, -0.2) is 23.4 Å². The molecule has 0 saturated heterocycles. The third kappa shape index (κ3) is 6.12. The molecule has 0 rings (SSSR count). The van der Waals surface area contributed by atoms with Gasteiger partial charge in [-0.1, -0.05) is 13.8 Å². The Morgan fingerprint density at radius 3 is 1.92 bits per heavy atom. The van der Waals surface area contributed by atoms with Crippen LogP contribution in [0.4, 0.5) is 13.2 Å². The summed E-state index contributed by atoms with van der Waals surface area (Å²) in [4.78, 5) is 0. The highest BCUT2D eigenvalue weighted by Crippen LogP contribution is 2.23. The molecule has 3 N–H and O–H groups in total. The summed E-state index contributed by atoms with van der Waals surface area (Å²) in [5.74, 6) is -0.196. The standard InChI is InChI=1S/C7H14F3NO.ClH/c1-4(2)5(12)3-6(11)7(8,9)10;/h4-6,12H,3,11H2,1-2H3;1H/t5-,6+;/m1./s1. The van der Waals surface area contributed by atoms with Crippen LogP contribution < -0.4 is 5.73 Å². The Hall–Kier alpha value is -0.0000000000000000555. The van der Waals surface area contributed by atoms with E-state index in [1.54, 1.807) is 13.8 Å². The van der Waals surface area contributed by atoms with E-state index in [1.807, 2.05) is 0 Å². The Morgan fingerprint density at radius 2 is 1.69 bits per heavy atom. The highest BCUT2D eigenvalue weighted by Gasteiger charge is 2.38. The lowest BCUT2D eigenvalue weighted by molar-refractivity contribution is -0.154. The summed E-state index contributed by atoms with van der Waals surface area (Å²) < 4.78 is 35.5. The molecule has 0 aliphatic heterocycles. The monoisotopic (exact) mass is 221 g/mol. The molecule has 2 atom stereocenters. The molecule has 0 spiro atoms. The van der Waals surface area contributed by atoms with E-state index >= 15 is 0 Å². The molecule has 0 bridgehead atoms. The van der Waals surface area contributed by atoms with Gasteiger partial charge in [0.1, 0.15) is 6.04 Å². The Morgan fingerprint density at radius 1 is 1.31 bits per heavy atom. The van der Waals surface area contributed by atoms with Crippen LogP contribution in [0.15, 0.2) is 0 Å². The van der Waals surface area contributed by atoms with E-state index in [4.69, 9.17) is 10.8 Å². The van der Waals surface area contributed by atoms with Gasteiger partial charge in [-0.25, -0.2) is 0 Å². The van der Waals surface area contributed by atoms with Crippen molar-refractivity contribution >= 4 is 12.4 Å². The SMILES string of the molecule is CC(C)[C@H](O)C[C@H](N)C(F)(F)F.Cl. The Kier molecular flexibility index (Phi) is 6.75. The minimum atomic E-state index is -4.41. The van der Waals surface area contributed by atoms with Crippen LogP contribution in [-0.2, 0) is 0 Å². The number of hydrogen-bond acceptors (Lipinski definition) is 2. The lowest BCUT2D eigenvalue weighted by atomic mass is 10.00. The minimum absolute atomic E-state index is 0. The summed E-state index contributed by atoms with van der Waals surface area (Å²) in [6, 6.07) is -1.92. The van der Waals surface area contributed by atoms with Crippen LogP contribution in [0.25, 0.3) is 0 Å². The summed E-state index contributed by atoms with van der Waals surface area (Å²) in [5.41, 5.74) is 4.80. The molecule has 0 aliphatic carbocycles. The molecule has 0 aromatic heterocycles. The molecular weight excluding hydrogens is 207 g/mol. The van der Waals surface area contributed by atoms with Gasteiger partial charge in [0.05, 0.1) is 6.10 Å². The maximum absolute atomic E-state index is 11.8. The molecule has 0 heterocycles. The van der Waals surface area contributed by atoms with Crippen LogP contribution in [0, 0.1) is 5.92 Å². The van der Waals surface area contributed by atoms with Gasteiger partial charge < -0.3 is 10.8 Å². The smallest absolute Gasteiger partial charge is 0.393 e. The highest BCUT2D eigenvalue weighted by atomic mass is 35.5. The fourth-order valence-electron chi connectivity index (χ4n) is 0.666. The number of alkyl halides is 3. The van der Waals surface area contributed by atoms with E-state index in [0.29, 0.717) is 0 Å². The lowest BCUT2D eigenvalue weighted by Gasteiger charge is -2.21. The van der Waals surface area contributed by atoms with Crippen molar-refractivity contribution in [2.75, 3.05) is 0 Å². The second kappa shape index (κ2) is 5.67. The van der Waals surface area contributed by atoms with Crippen molar-refractivity contribution in [1.82, 2.24) is 0 Å². The third-order valence-electron chi connectivity index (χ3n) is 1.69.